The van der Waals surface area contributed by atoms with E-state index in [1.807, 2.05) is 17.0 Å². The topological polar surface area (TPSA) is 71.3 Å². The molecule has 1 aliphatic heterocycles. The summed E-state index contributed by atoms with van der Waals surface area (Å²) in [5, 5.41) is 8.49. The molecular weight excluding hydrogens is 441 g/mol. The summed E-state index contributed by atoms with van der Waals surface area (Å²) in [6.45, 7) is 5.85. The number of hydrogen-bond donors (Lipinski definition) is 0. The molecule has 0 aliphatic carbocycles. The lowest BCUT2D eigenvalue weighted by Gasteiger charge is -2.33. The molecule has 3 aromatic rings. The Bertz CT molecular complexity index is 1160. The van der Waals surface area contributed by atoms with Crippen molar-refractivity contribution < 1.29 is 14.0 Å². The molecule has 1 aliphatic rings. The molecule has 0 radical (unpaired) electrons. The second-order valence-electron chi connectivity index (χ2n) is 9.17. The van der Waals surface area contributed by atoms with Crippen LogP contribution >= 0.6 is 11.3 Å². The van der Waals surface area contributed by atoms with E-state index in [1.54, 1.807) is 31.2 Å². The lowest BCUT2D eigenvalue weighted by atomic mass is 9.86. The Labute approximate surface area is 197 Å². The van der Waals surface area contributed by atoms with Crippen molar-refractivity contribution in [3.8, 4) is 0 Å². The summed E-state index contributed by atoms with van der Waals surface area (Å²) in [5.41, 5.74) is 1.70. The fourth-order valence-electron chi connectivity index (χ4n) is 4.49. The summed E-state index contributed by atoms with van der Waals surface area (Å²) in [6.07, 6.45) is 5.34. The zero-order valence-electron chi connectivity index (χ0n) is 19.5. The van der Waals surface area contributed by atoms with Gasteiger partial charge in [0.2, 0.25) is 5.91 Å². The van der Waals surface area contributed by atoms with Crippen LogP contribution in [0.1, 0.15) is 65.7 Å². The molecule has 7 nitrogen and oxygen atoms in total. The van der Waals surface area contributed by atoms with Gasteiger partial charge in [-0.1, -0.05) is 25.1 Å². The normalized spacial score (nSPS) is 16.5. The van der Waals surface area contributed by atoms with E-state index in [1.165, 1.54) is 16.2 Å². The van der Waals surface area contributed by atoms with Crippen molar-refractivity contribution in [2.75, 3.05) is 27.2 Å². The number of aryl methyl sites for hydroxylation is 1. The van der Waals surface area contributed by atoms with Gasteiger partial charge in [0, 0.05) is 45.7 Å². The zero-order valence-corrected chi connectivity index (χ0v) is 20.4. The average molecular weight is 472 g/mol. The number of amides is 2. The van der Waals surface area contributed by atoms with E-state index >= 15 is 4.39 Å². The first-order valence-electron chi connectivity index (χ1n) is 11.4. The second kappa shape index (κ2) is 9.59. The number of likely N-dealkylation sites (tertiary alicyclic amines) is 1. The first kappa shape index (κ1) is 23.4. The van der Waals surface area contributed by atoms with E-state index in [-0.39, 0.29) is 29.5 Å². The minimum Gasteiger partial charge on any atom is -0.344 e. The highest BCUT2D eigenvalue weighted by molar-refractivity contribution is 7.20. The lowest BCUT2D eigenvalue weighted by molar-refractivity contribution is -0.132. The smallest absolute Gasteiger partial charge is 0.263 e. The van der Waals surface area contributed by atoms with E-state index in [4.69, 9.17) is 0 Å². The SMILES string of the molecule is CC(C)c1cc([C@@H]2CCCN(C(=O)CCn3ccnn3)C2)c(F)c2sc(C(=O)N(C)C)cc12. The van der Waals surface area contributed by atoms with Gasteiger partial charge in [-0.15, -0.1) is 16.4 Å². The van der Waals surface area contributed by atoms with Crippen LogP contribution < -0.4 is 0 Å². The molecule has 0 bridgehead atoms. The first-order valence-corrected chi connectivity index (χ1v) is 12.2. The molecule has 9 heteroatoms. The van der Waals surface area contributed by atoms with E-state index in [0.717, 1.165) is 23.8 Å². The number of hydrogen-bond acceptors (Lipinski definition) is 5. The van der Waals surface area contributed by atoms with Crippen molar-refractivity contribution in [1.29, 1.82) is 0 Å². The number of benzene rings is 1. The fourth-order valence-corrected chi connectivity index (χ4v) is 5.65. The van der Waals surface area contributed by atoms with Crippen molar-refractivity contribution in [2.45, 2.75) is 51.5 Å². The maximum absolute atomic E-state index is 15.8. The summed E-state index contributed by atoms with van der Waals surface area (Å²) >= 11 is 1.22. The maximum atomic E-state index is 15.8. The number of carbonyl (C=O) groups excluding carboxylic acids is 2. The van der Waals surface area contributed by atoms with E-state index in [2.05, 4.69) is 24.2 Å². The van der Waals surface area contributed by atoms with Gasteiger partial charge in [-0.25, -0.2) is 4.39 Å². The Morgan fingerprint density at radius 1 is 1.30 bits per heavy atom. The molecule has 0 spiro atoms. The van der Waals surface area contributed by atoms with Crippen LogP contribution in [0.2, 0.25) is 0 Å². The summed E-state index contributed by atoms with van der Waals surface area (Å²) in [4.78, 5) is 29.2. The molecule has 4 rings (SSSR count). The van der Waals surface area contributed by atoms with Gasteiger partial charge < -0.3 is 9.80 Å². The van der Waals surface area contributed by atoms with Gasteiger partial charge in [-0.3, -0.25) is 14.3 Å². The number of fused-ring (bicyclic) bond motifs is 1. The predicted molar refractivity (Wildman–Crippen MR) is 127 cm³/mol. The highest BCUT2D eigenvalue weighted by Crippen LogP contribution is 2.40. The Hall–Kier alpha value is -2.81. The summed E-state index contributed by atoms with van der Waals surface area (Å²) in [6, 6.07) is 3.79. The van der Waals surface area contributed by atoms with Crippen molar-refractivity contribution in [1.82, 2.24) is 24.8 Å². The minimum absolute atomic E-state index is 0.0516. The standard InChI is InChI=1S/C24H30FN5O2S/c1-15(2)17-12-18(22(25)23-19(17)13-20(33-23)24(32)28(3)4)16-6-5-9-29(14-16)21(31)7-10-30-11-8-26-27-30/h8,11-13,15-16H,5-7,9-10,14H2,1-4H3/t16-/m1/s1. The molecule has 1 saturated heterocycles. The molecule has 0 N–H and O–H groups in total. The number of thiophene rings is 1. The van der Waals surface area contributed by atoms with Crippen LogP contribution in [0.3, 0.4) is 0 Å². The van der Waals surface area contributed by atoms with Gasteiger partial charge in [0.1, 0.15) is 5.82 Å². The van der Waals surface area contributed by atoms with Gasteiger partial charge in [0.25, 0.3) is 5.91 Å². The summed E-state index contributed by atoms with van der Waals surface area (Å²) in [7, 11) is 3.41. The van der Waals surface area contributed by atoms with Gasteiger partial charge in [0.05, 0.1) is 22.3 Å². The molecule has 1 atom stereocenters. The maximum Gasteiger partial charge on any atom is 0.263 e. The third-order valence-corrected chi connectivity index (χ3v) is 7.40. The molecule has 0 saturated carbocycles. The molecule has 3 heterocycles. The average Bonchev–Trinajstić information content (AvgIpc) is 3.47. The Kier molecular flexibility index (Phi) is 6.78. The zero-order chi connectivity index (χ0) is 23.7. The number of carbonyl (C=O) groups is 2. The number of halogens is 1. The largest absolute Gasteiger partial charge is 0.344 e. The highest BCUT2D eigenvalue weighted by Gasteiger charge is 2.29. The summed E-state index contributed by atoms with van der Waals surface area (Å²) in [5.74, 6) is -0.192. The van der Waals surface area contributed by atoms with Crippen molar-refractivity contribution >= 4 is 33.2 Å². The summed E-state index contributed by atoms with van der Waals surface area (Å²) < 4.78 is 18.0. The van der Waals surface area contributed by atoms with Crippen molar-refractivity contribution in [3.05, 3.63) is 46.3 Å². The number of nitrogens with zero attached hydrogens (tertiary/aromatic N) is 5. The molecule has 176 valence electrons. The van der Waals surface area contributed by atoms with Gasteiger partial charge in [0.15, 0.2) is 0 Å². The Balaban J connectivity index is 1.61. The van der Waals surface area contributed by atoms with Gasteiger partial charge in [-0.05, 0) is 41.3 Å². The molecule has 1 aromatic carbocycles. The number of rotatable bonds is 6. The van der Waals surface area contributed by atoms with Crippen LogP contribution in [-0.4, -0.2) is 63.8 Å². The third-order valence-electron chi connectivity index (χ3n) is 6.29. The highest BCUT2D eigenvalue weighted by atomic mass is 32.1. The molecule has 33 heavy (non-hydrogen) atoms. The second-order valence-corrected chi connectivity index (χ2v) is 10.2. The molecular formula is C24H30FN5O2S. The van der Waals surface area contributed by atoms with Crippen molar-refractivity contribution in [3.63, 3.8) is 0 Å². The Morgan fingerprint density at radius 3 is 2.76 bits per heavy atom. The molecule has 1 fully saturated rings. The monoisotopic (exact) mass is 471 g/mol. The third kappa shape index (κ3) is 4.78. The van der Waals surface area contributed by atoms with Crippen LogP contribution in [0.5, 0.6) is 0 Å². The van der Waals surface area contributed by atoms with Crippen LogP contribution in [0, 0.1) is 5.82 Å². The Morgan fingerprint density at radius 2 is 2.09 bits per heavy atom. The molecule has 0 unspecified atom stereocenters. The van der Waals surface area contributed by atoms with Crippen LogP contribution in [0.25, 0.3) is 10.1 Å². The lowest BCUT2D eigenvalue weighted by Crippen LogP contribution is -2.39. The predicted octanol–water partition coefficient (Wildman–Crippen LogP) is 4.25. The fraction of sp³-hybridized carbons (Fsp3) is 0.500. The molecule has 2 aromatic heterocycles. The van der Waals surface area contributed by atoms with Crippen LogP contribution in [0.15, 0.2) is 24.5 Å². The minimum atomic E-state index is -0.251. The molecule has 2 amide bonds. The van der Waals surface area contributed by atoms with Gasteiger partial charge >= 0.3 is 0 Å². The number of aromatic nitrogens is 3. The van der Waals surface area contributed by atoms with Crippen LogP contribution in [-0.2, 0) is 11.3 Å². The van der Waals surface area contributed by atoms with Crippen LogP contribution in [0.4, 0.5) is 4.39 Å². The van der Waals surface area contributed by atoms with Crippen molar-refractivity contribution in [2.24, 2.45) is 0 Å². The van der Waals surface area contributed by atoms with E-state index < -0.39 is 0 Å². The van der Waals surface area contributed by atoms with E-state index in [9.17, 15) is 9.59 Å². The van der Waals surface area contributed by atoms with E-state index in [0.29, 0.717) is 41.2 Å². The van der Waals surface area contributed by atoms with Gasteiger partial charge in [-0.2, -0.15) is 0 Å². The number of piperidine rings is 1. The first-order chi connectivity index (χ1) is 15.8. The quantitative estimate of drug-likeness (QED) is 0.539.